The second-order valence-electron chi connectivity index (χ2n) is 7.54. The number of rotatable bonds is 7. The molecule has 1 aromatic rings. The van der Waals surface area contributed by atoms with Gasteiger partial charge in [0.1, 0.15) is 5.60 Å². The summed E-state index contributed by atoms with van der Waals surface area (Å²) in [6, 6.07) is 9.41. The van der Waals surface area contributed by atoms with Gasteiger partial charge in [-0.05, 0) is 45.6 Å². The molecule has 1 saturated carbocycles. The molecule has 0 heterocycles. The van der Waals surface area contributed by atoms with E-state index in [0.29, 0.717) is 12.8 Å². The number of hydrogen-bond acceptors (Lipinski definition) is 5. The SMILES string of the molecule is CC(C)(C)OC(=O)CC(C(=O)NOCc1ccccc1)C1(O)CCC1. The molecule has 0 spiro atoms. The van der Waals surface area contributed by atoms with Gasteiger partial charge >= 0.3 is 5.97 Å². The molecule has 0 aromatic heterocycles. The van der Waals surface area contributed by atoms with E-state index < -0.39 is 29.0 Å². The highest BCUT2D eigenvalue weighted by atomic mass is 16.7. The Balaban J connectivity index is 1.93. The average Bonchev–Trinajstić information content (AvgIpc) is 2.49. The lowest BCUT2D eigenvalue weighted by Gasteiger charge is -2.42. The van der Waals surface area contributed by atoms with Gasteiger partial charge in [-0.2, -0.15) is 0 Å². The van der Waals surface area contributed by atoms with Crippen molar-refractivity contribution in [3.8, 4) is 0 Å². The molecule has 6 heteroatoms. The molecular formula is C19H27NO5. The van der Waals surface area contributed by atoms with Crippen LogP contribution in [0.5, 0.6) is 0 Å². The van der Waals surface area contributed by atoms with Crippen LogP contribution in [0, 0.1) is 5.92 Å². The lowest BCUT2D eigenvalue weighted by Crippen LogP contribution is -2.52. The van der Waals surface area contributed by atoms with Crippen molar-refractivity contribution >= 4 is 11.9 Å². The van der Waals surface area contributed by atoms with Crippen molar-refractivity contribution in [2.24, 2.45) is 5.92 Å². The van der Waals surface area contributed by atoms with E-state index >= 15 is 0 Å². The van der Waals surface area contributed by atoms with Crippen LogP contribution in [0.25, 0.3) is 0 Å². The van der Waals surface area contributed by atoms with Gasteiger partial charge in [-0.25, -0.2) is 5.48 Å². The summed E-state index contributed by atoms with van der Waals surface area (Å²) in [7, 11) is 0. The lowest BCUT2D eigenvalue weighted by molar-refractivity contribution is -0.170. The zero-order valence-corrected chi connectivity index (χ0v) is 15.1. The minimum Gasteiger partial charge on any atom is -0.460 e. The first-order chi connectivity index (χ1) is 11.7. The topological polar surface area (TPSA) is 84.9 Å². The third kappa shape index (κ3) is 5.83. The van der Waals surface area contributed by atoms with E-state index in [4.69, 9.17) is 9.57 Å². The smallest absolute Gasteiger partial charge is 0.307 e. The van der Waals surface area contributed by atoms with Gasteiger partial charge in [0.05, 0.1) is 24.5 Å². The first-order valence-corrected chi connectivity index (χ1v) is 8.59. The first kappa shape index (κ1) is 19.4. The van der Waals surface area contributed by atoms with Gasteiger partial charge in [0.2, 0.25) is 5.91 Å². The summed E-state index contributed by atoms with van der Waals surface area (Å²) < 4.78 is 5.29. The Kier molecular flexibility index (Phi) is 6.19. The summed E-state index contributed by atoms with van der Waals surface area (Å²) >= 11 is 0. The zero-order valence-electron chi connectivity index (χ0n) is 15.1. The highest BCUT2D eigenvalue weighted by Crippen LogP contribution is 2.40. The van der Waals surface area contributed by atoms with Crippen molar-refractivity contribution in [3.05, 3.63) is 35.9 Å². The number of ether oxygens (including phenoxy) is 1. The Labute approximate surface area is 148 Å². The van der Waals surface area contributed by atoms with Crippen molar-refractivity contribution < 1.29 is 24.3 Å². The second kappa shape index (κ2) is 7.97. The van der Waals surface area contributed by atoms with E-state index in [2.05, 4.69) is 5.48 Å². The van der Waals surface area contributed by atoms with Crippen LogP contribution in [-0.4, -0.2) is 28.2 Å². The first-order valence-electron chi connectivity index (χ1n) is 8.59. The lowest BCUT2D eigenvalue weighted by atomic mass is 9.69. The molecule has 0 saturated heterocycles. The molecule has 1 fully saturated rings. The minimum atomic E-state index is -1.17. The monoisotopic (exact) mass is 349 g/mol. The summed E-state index contributed by atoms with van der Waals surface area (Å²) in [4.78, 5) is 29.8. The molecule has 1 aliphatic carbocycles. The molecular weight excluding hydrogens is 322 g/mol. The maximum absolute atomic E-state index is 12.5. The third-order valence-electron chi connectivity index (χ3n) is 4.23. The van der Waals surface area contributed by atoms with Crippen molar-refractivity contribution in [1.29, 1.82) is 0 Å². The number of carbonyl (C=O) groups excluding carboxylic acids is 2. The Bertz CT molecular complexity index is 590. The summed E-state index contributed by atoms with van der Waals surface area (Å²) in [5.41, 5.74) is 1.47. The number of benzene rings is 1. The molecule has 25 heavy (non-hydrogen) atoms. The van der Waals surface area contributed by atoms with E-state index in [1.165, 1.54) is 0 Å². The molecule has 138 valence electrons. The van der Waals surface area contributed by atoms with Crippen molar-refractivity contribution in [2.45, 2.75) is 64.3 Å². The van der Waals surface area contributed by atoms with Gasteiger partial charge in [-0.1, -0.05) is 30.3 Å². The number of esters is 1. The van der Waals surface area contributed by atoms with Gasteiger partial charge in [-0.3, -0.25) is 14.4 Å². The predicted octanol–water partition coefficient (Wildman–Crippen LogP) is 2.50. The fourth-order valence-corrected chi connectivity index (χ4v) is 2.80. The van der Waals surface area contributed by atoms with E-state index in [-0.39, 0.29) is 13.0 Å². The Hall–Kier alpha value is -1.92. The van der Waals surface area contributed by atoms with Crippen LogP contribution >= 0.6 is 0 Å². The number of aliphatic hydroxyl groups is 1. The summed E-state index contributed by atoms with van der Waals surface area (Å²) in [6.45, 7) is 5.51. The molecule has 0 radical (unpaired) electrons. The largest absolute Gasteiger partial charge is 0.460 e. The van der Waals surface area contributed by atoms with E-state index in [9.17, 15) is 14.7 Å². The predicted molar refractivity (Wildman–Crippen MR) is 92.1 cm³/mol. The normalized spacial score (nSPS) is 17.3. The molecule has 2 rings (SSSR count). The quantitative estimate of drug-likeness (QED) is 0.584. The van der Waals surface area contributed by atoms with Crippen LogP contribution in [0.2, 0.25) is 0 Å². The maximum atomic E-state index is 12.5. The number of amides is 1. The molecule has 1 atom stereocenters. The molecule has 1 amide bonds. The summed E-state index contributed by atoms with van der Waals surface area (Å²) in [5, 5.41) is 10.6. The van der Waals surface area contributed by atoms with Gasteiger partial charge in [0.15, 0.2) is 0 Å². The Morgan fingerprint density at radius 3 is 2.40 bits per heavy atom. The van der Waals surface area contributed by atoms with E-state index in [1.54, 1.807) is 20.8 Å². The van der Waals surface area contributed by atoms with Crippen LogP contribution in [0.1, 0.15) is 52.0 Å². The fourth-order valence-electron chi connectivity index (χ4n) is 2.80. The Morgan fingerprint density at radius 2 is 1.88 bits per heavy atom. The van der Waals surface area contributed by atoms with Crippen LogP contribution in [0.3, 0.4) is 0 Å². The third-order valence-corrected chi connectivity index (χ3v) is 4.23. The number of hydrogen-bond donors (Lipinski definition) is 2. The van der Waals surface area contributed by atoms with Crippen LogP contribution in [-0.2, 0) is 25.8 Å². The Morgan fingerprint density at radius 1 is 1.24 bits per heavy atom. The fraction of sp³-hybridized carbons (Fsp3) is 0.579. The number of carbonyl (C=O) groups is 2. The summed E-state index contributed by atoms with van der Waals surface area (Å²) in [6.07, 6.45) is 1.65. The standard InChI is InChI=1S/C19H27NO5/c1-18(2,3)25-16(21)12-15(19(23)10-7-11-19)17(22)20-24-13-14-8-5-4-6-9-14/h4-6,8-9,15,23H,7,10-13H2,1-3H3,(H,20,22). The molecule has 0 aliphatic heterocycles. The van der Waals surface area contributed by atoms with Crippen LogP contribution in [0.15, 0.2) is 30.3 Å². The van der Waals surface area contributed by atoms with Gasteiger partial charge < -0.3 is 9.84 Å². The average molecular weight is 349 g/mol. The minimum absolute atomic E-state index is 0.172. The molecule has 2 N–H and O–H groups in total. The highest BCUT2D eigenvalue weighted by Gasteiger charge is 2.47. The molecule has 6 nitrogen and oxygen atoms in total. The van der Waals surface area contributed by atoms with Crippen molar-refractivity contribution in [3.63, 3.8) is 0 Å². The van der Waals surface area contributed by atoms with E-state index in [1.807, 2.05) is 30.3 Å². The molecule has 1 aliphatic rings. The second-order valence-corrected chi connectivity index (χ2v) is 7.54. The maximum Gasteiger partial charge on any atom is 0.307 e. The zero-order chi connectivity index (χ0) is 18.5. The molecule has 1 unspecified atom stereocenters. The highest BCUT2D eigenvalue weighted by molar-refractivity contribution is 5.84. The molecule has 0 bridgehead atoms. The number of nitrogens with one attached hydrogen (secondary N) is 1. The molecule has 1 aromatic carbocycles. The van der Waals surface area contributed by atoms with Gasteiger partial charge in [-0.15, -0.1) is 0 Å². The van der Waals surface area contributed by atoms with Crippen molar-refractivity contribution in [2.75, 3.05) is 0 Å². The van der Waals surface area contributed by atoms with Gasteiger partial charge in [0, 0.05) is 0 Å². The van der Waals surface area contributed by atoms with Crippen LogP contribution < -0.4 is 5.48 Å². The van der Waals surface area contributed by atoms with Crippen LogP contribution in [0.4, 0.5) is 0 Å². The van der Waals surface area contributed by atoms with E-state index in [0.717, 1.165) is 12.0 Å². The summed E-state index contributed by atoms with van der Waals surface area (Å²) in [5.74, 6) is -1.88. The number of hydroxylamine groups is 1. The van der Waals surface area contributed by atoms with Gasteiger partial charge in [0.25, 0.3) is 0 Å². The van der Waals surface area contributed by atoms with Crippen molar-refractivity contribution in [1.82, 2.24) is 5.48 Å².